The molecule has 0 unspecified atom stereocenters. The van der Waals surface area contributed by atoms with Gasteiger partial charge in [-0.05, 0) is 24.6 Å². The molecule has 1 aromatic heterocycles. The van der Waals surface area contributed by atoms with E-state index in [0.717, 1.165) is 6.07 Å². The zero-order chi connectivity index (χ0) is 17.0. The van der Waals surface area contributed by atoms with Crippen molar-refractivity contribution in [3.05, 3.63) is 35.5 Å². The van der Waals surface area contributed by atoms with Crippen LogP contribution in [0.5, 0.6) is 0 Å². The third-order valence-corrected chi connectivity index (χ3v) is 2.64. The van der Waals surface area contributed by atoms with E-state index in [1.807, 2.05) is 0 Å². The molecule has 0 atom stereocenters. The number of halogens is 4. The number of amides is 1. The van der Waals surface area contributed by atoms with Gasteiger partial charge in [0.25, 0.3) is 0 Å². The molecule has 0 saturated heterocycles. The zero-order valence-corrected chi connectivity index (χ0v) is 11.8. The second-order valence-electron chi connectivity index (χ2n) is 4.37. The van der Waals surface area contributed by atoms with Gasteiger partial charge in [-0.2, -0.15) is 18.2 Å². The van der Waals surface area contributed by atoms with Gasteiger partial charge in [-0.15, -0.1) is 0 Å². The molecule has 2 aromatic rings. The van der Waals surface area contributed by atoms with Crippen molar-refractivity contribution in [3.8, 4) is 11.4 Å². The fraction of sp³-hybridized carbons (Fsp3) is 0.308. The van der Waals surface area contributed by atoms with Gasteiger partial charge in [-0.25, -0.2) is 9.87 Å². The largest absolute Gasteiger partial charge is 0.471 e. The molecule has 0 fully saturated rings. The summed E-state index contributed by atoms with van der Waals surface area (Å²) in [5.41, 5.74) is 2.18. The highest BCUT2D eigenvalue weighted by molar-refractivity contribution is 5.77. The molecule has 0 radical (unpaired) electrons. The molecule has 0 spiro atoms. The number of nitrogens with zero attached hydrogens (tertiary/aromatic N) is 2. The lowest BCUT2D eigenvalue weighted by atomic mass is 10.1. The topological polar surface area (TPSA) is 77.2 Å². The first-order chi connectivity index (χ1) is 10.8. The molecule has 1 aromatic carbocycles. The van der Waals surface area contributed by atoms with E-state index in [9.17, 15) is 22.4 Å². The molecule has 2 rings (SSSR count). The van der Waals surface area contributed by atoms with Gasteiger partial charge in [0, 0.05) is 0 Å². The summed E-state index contributed by atoms with van der Waals surface area (Å²) in [6.45, 7) is 1.95. The SMILES string of the molecule is CCONC(=O)Cc1ccc(-c2noc(C(F)(F)F)n2)c(F)c1. The van der Waals surface area contributed by atoms with E-state index in [4.69, 9.17) is 4.84 Å². The molecule has 124 valence electrons. The summed E-state index contributed by atoms with van der Waals surface area (Å²) >= 11 is 0. The Kier molecular flexibility index (Phi) is 4.94. The first-order valence-electron chi connectivity index (χ1n) is 6.41. The van der Waals surface area contributed by atoms with E-state index in [0.29, 0.717) is 5.56 Å². The number of hydrogen-bond donors (Lipinski definition) is 1. The quantitative estimate of drug-likeness (QED) is 0.672. The van der Waals surface area contributed by atoms with Crippen LogP contribution in [-0.2, 0) is 22.2 Å². The molecule has 0 saturated carbocycles. The predicted octanol–water partition coefficient (Wildman–Crippen LogP) is 2.50. The summed E-state index contributed by atoms with van der Waals surface area (Å²) in [5, 5.41) is 3.10. The van der Waals surface area contributed by atoms with Crippen LogP contribution < -0.4 is 5.48 Å². The minimum absolute atomic E-state index is 0.156. The number of nitrogens with one attached hydrogen (secondary N) is 1. The van der Waals surface area contributed by atoms with Crippen molar-refractivity contribution >= 4 is 5.91 Å². The summed E-state index contributed by atoms with van der Waals surface area (Å²) in [4.78, 5) is 19.2. The van der Waals surface area contributed by atoms with Gasteiger partial charge in [0.15, 0.2) is 0 Å². The van der Waals surface area contributed by atoms with Crippen LogP contribution in [0, 0.1) is 5.82 Å². The lowest BCUT2D eigenvalue weighted by molar-refractivity contribution is -0.159. The van der Waals surface area contributed by atoms with E-state index < -0.39 is 29.6 Å². The van der Waals surface area contributed by atoms with Gasteiger partial charge in [-0.3, -0.25) is 9.63 Å². The lowest BCUT2D eigenvalue weighted by Gasteiger charge is -2.05. The van der Waals surface area contributed by atoms with Crippen LogP contribution in [0.25, 0.3) is 11.4 Å². The Morgan fingerprint density at radius 1 is 1.39 bits per heavy atom. The normalized spacial score (nSPS) is 11.5. The third kappa shape index (κ3) is 4.25. The van der Waals surface area contributed by atoms with E-state index in [2.05, 4.69) is 20.1 Å². The Bertz CT molecular complexity index is 700. The van der Waals surface area contributed by atoms with Gasteiger partial charge >= 0.3 is 12.1 Å². The van der Waals surface area contributed by atoms with Crippen molar-refractivity contribution < 1.29 is 31.7 Å². The van der Waals surface area contributed by atoms with Gasteiger partial charge in [0.1, 0.15) is 5.82 Å². The van der Waals surface area contributed by atoms with E-state index in [-0.39, 0.29) is 18.6 Å². The molecule has 0 aliphatic heterocycles. The summed E-state index contributed by atoms with van der Waals surface area (Å²) < 4.78 is 55.2. The number of carbonyl (C=O) groups excluding carboxylic acids is 1. The van der Waals surface area contributed by atoms with Crippen LogP contribution >= 0.6 is 0 Å². The van der Waals surface area contributed by atoms with E-state index in [1.165, 1.54) is 12.1 Å². The molecule has 23 heavy (non-hydrogen) atoms. The highest BCUT2D eigenvalue weighted by atomic mass is 19.4. The summed E-state index contributed by atoms with van der Waals surface area (Å²) in [6, 6.07) is 3.54. The smallest absolute Gasteiger partial charge is 0.329 e. The summed E-state index contributed by atoms with van der Waals surface area (Å²) in [5.74, 6) is -3.45. The second-order valence-corrected chi connectivity index (χ2v) is 4.37. The number of carbonyl (C=O) groups is 1. The van der Waals surface area contributed by atoms with Crippen LogP contribution in [0.4, 0.5) is 17.6 Å². The number of hydroxylamine groups is 1. The van der Waals surface area contributed by atoms with Gasteiger partial charge in [-0.1, -0.05) is 11.2 Å². The first-order valence-corrected chi connectivity index (χ1v) is 6.41. The molecule has 10 heteroatoms. The molecule has 6 nitrogen and oxygen atoms in total. The van der Waals surface area contributed by atoms with Crippen molar-refractivity contribution in [2.75, 3.05) is 6.61 Å². The number of rotatable bonds is 5. The minimum Gasteiger partial charge on any atom is -0.329 e. The summed E-state index contributed by atoms with van der Waals surface area (Å²) in [6.07, 6.45) is -4.96. The van der Waals surface area contributed by atoms with E-state index >= 15 is 0 Å². The van der Waals surface area contributed by atoms with Gasteiger partial charge in [0.05, 0.1) is 18.6 Å². The second kappa shape index (κ2) is 6.73. The zero-order valence-electron chi connectivity index (χ0n) is 11.8. The lowest BCUT2D eigenvalue weighted by Crippen LogP contribution is -2.25. The van der Waals surface area contributed by atoms with Crippen molar-refractivity contribution in [1.29, 1.82) is 0 Å². The Balaban J connectivity index is 2.16. The van der Waals surface area contributed by atoms with E-state index in [1.54, 1.807) is 6.92 Å². The fourth-order valence-electron chi connectivity index (χ4n) is 1.67. The Morgan fingerprint density at radius 2 is 2.13 bits per heavy atom. The average molecular weight is 333 g/mol. The Labute approximate surface area is 127 Å². The van der Waals surface area contributed by atoms with Crippen LogP contribution in [0.3, 0.4) is 0 Å². The minimum atomic E-state index is -4.81. The monoisotopic (exact) mass is 333 g/mol. The van der Waals surface area contributed by atoms with Gasteiger partial charge < -0.3 is 4.52 Å². The molecule has 1 amide bonds. The van der Waals surface area contributed by atoms with Crippen molar-refractivity contribution in [2.24, 2.45) is 0 Å². The standard InChI is InChI=1S/C13H11F4N3O3/c1-2-22-19-10(21)6-7-3-4-8(9(14)5-7)11-18-12(23-20-11)13(15,16)17/h3-5H,2,6H2,1H3,(H,19,21). The predicted molar refractivity (Wildman–Crippen MR) is 68.2 cm³/mol. The number of alkyl halides is 3. The highest BCUT2D eigenvalue weighted by Gasteiger charge is 2.38. The molecule has 1 N–H and O–H groups in total. The average Bonchev–Trinajstić information content (AvgIpc) is 2.95. The number of hydrogen-bond acceptors (Lipinski definition) is 5. The first kappa shape index (κ1) is 16.9. The third-order valence-electron chi connectivity index (χ3n) is 2.64. The van der Waals surface area contributed by atoms with Crippen LogP contribution in [-0.4, -0.2) is 22.7 Å². The molecule has 0 aliphatic rings. The number of aromatic nitrogens is 2. The maximum Gasteiger partial charge on any atom is 0.471 e. The maximum atomic E-state index is 14.0. The molecular weight excluding hydrogens is 322 g/mol. The van der Waals surface area contributed by atoms with Crippen LogP contribution in [0.2, 0.25) is 0 Å². The van der Waals surface area contributed by atoms with Crippen molar-refractivity contribution in [2.45, 2.75) is 19.5 Å². The van der Waals surface area contributed by atoms with Crippen molar-refractivity contribution in [3.63, 3.8) is 0 Å². The maximum absolute atomic E-state index is 14.0. The van der Waals surface area contributed by atoms with Crippen LogP contribution in [0.1, 0.15) is 18.4 Å². The van der Waals surface area contributed by atoms with Crippen LogP contribution in [0.15, 0.2) is 22.7 Å². The Hall–Kier alpha value is -2.49. The summed E-state index contributed by atoms with van der Waals surface area (Å²) in [7, 11) is 0. The number of benzene rings is 1. The molecule has 0 bridgehead atoms. The van der Waals surface area contributed by atoms with Crippen molar-refractivity contribution in [1.82, 2.24) is 15.6 Å². The molecule has 0 aliphatic carbocycles. The fourth-order valence-corrected chi connectivity index (χ4v) is 1.67. The highest BCUT2D eigenvalue weighted by Crippen LogP contribution is 2.30. The molecular formula is C13H11F4N3O3. The molecule has 1 heterocycles. The van der Waals surface area contributed by atoms with Gasteiger partial charge in [0.2, 0.25) is 11.7 Å². The Morgan fingerprint density at radius 3 is 2.70 bits per heavy atom.